The van der Waals surface area contributed by atoms with Gasteiger partial charge in [-0.3, -0.25) is 4.79 Å². The smallest absolute Gasteiger partial charge is 0.224 e. The maximum absolute atomic E-state index is 11.9. The van der Waals surface area contributed by atoms with Crippen molar-refractivity contribution in [1.82, 2.24) is 0 Å². The van der Waals surface area contributed by atoms with Gasteiger partial charge in [0.25, 0.3) is 0 Å². The third kappa shape index (κ3) is 4.49. The van der Waals surface area contributed by atoms with Crippen LogP contribution in [0.3, 0.4) is 0 Å². The minimum Gasteiger partial charge on any atom is -0.330 e. The lowest BCUT2D eigenvalue weighted by Gasteiger charge is -2.14. The molecule has 1 atom stereocenters. The lowest BCUT2D eigenvalue weighted by atomic mass is 9.99. The number of carbonyl (C=O) groups is 1. The molecule has 1 amide bonds. The average molecular weight is 248 g/mol. The predicted molar refractivity (Wildman–Crippen MR) is 76.6 cm³/mol. The zero-order valence-electron chi connectivity index (χ0n) is 11.6. The van der Waals surface area contributed by atoms with E-state index in [4.69, 9.17) is 5.73 Å². The molecule has 0 fully saturated rings. The minimum absolute atomic E-state index is 0.0610. The first-order valence-electron chi connectivity index (χ1n) is 6.64. The number of aryl methyl sites for hydroxylation is 2. The summed E-state index contributed by atoms with van der Waals surface area (Å²) in [6.07, 6.45) is 2.59. The van der Waals surface area contributed by atoms with Gasteiger partial charge in [-0.25, -0.2) is 0 Å². The fourth-order valence-electron chi connectivity index (χ4n) is 2.13. The number of benzene rings is 1. The molecule has 1 aromatic rings. The third-order valence-corrected chi connectivity index (χ3v) is 3.16. The van der Waals surface area contributed by atoms with Crippen molar-refractivity contribution in [1.29, 1.82) is 0 Å². The highest BCUT2D eigenvalue weighted by Crippen LogP contribution is 2.17. The molecule has 3 nitrogen and oxygen atoms in total. The van der Waals surface area contributed by atoms with Crippen molar-refractivity contribution in [3.63, 3.8) is 0 Å². The van der Waals surface area contributed by atoms with Crippen LogP contribution in [-0.2, 0) is 4.79 Å². The van der Waals surface area contributed by atoms with Crippen LogP contribution in [0.25, 0.3) is 0 Å². The summed E-state index contributed by atoms with van der Waals surface area (Å²) in [4.78, 5) is 11.9. The van der Waals surface area contributed by atoms with Crippen molar-refractivity contribution in [3.8, 4) is 0 Å². The molecule has 0 heterocycles. The molecule has 0 aliphatic heterocycles. The molecule has 0 aromatic heterocycles. The van der Waals surface area contributed by atoms with Gasteiger partial charge in [0, 0.05) is 12.1 Å². The predicted octanol–water partition coefficient (Wildman–Crippen LogP) is 3.01. The monoisotopic (exact) mass is 248 g/mol. The highest BCUT2D eigenvalue weighted by molar-refractivity contribution is 5.91. The van der Waals surface area contributed by atoms with Crippen LogP contribution in [-0.4, -0.2) is 12.5 Å². The third-order valence-electron chi connectivity index (χ3n) is 3.16. The molecule has 0 spiro atoms. The number of rotatable bonds is 6. The van der Waals surface area contributed by atoms with Crippen molar-refractivity contribution in [2.45, 2.75) is 40.0 Å². The van der Waals surface area contributed by atoms with E-state index in [2.05, 4.69) is 18.3 Å². The van der Waals surface area contributed by atoms with Crippen LogP contribution >= 0.6 is 0 Å². The molecule has 3 N–H and O–H groups in total. The second-order valence-electron chi connectivity index (χ2n) is 4.96. The second-order valence-corrected chi connectivity index (χ2v) is 4.96. The zero-order valence-corrected chi connectivity index (χ0v) is 11.6. The van der Waals surface area contributed by atoms with E-state index in [9.17, 15) is 4.79 Å². The van der Waals surface area contributed by atoms with Crippen molar-refractivity contribution < 1.29 is 4.79 Å². The largest absolute Gasteiger partial charge is 0.330 e. The van der Waals surface area contributed by atoms with E-state index < -0.39 is 0 Å². The normalized spacial score (nSPS) is 12.2. The first kappa shape index (κ1) is 14.7. The summed E-state index contributed by atoms with van der Waals surface area (Å²) in [5.74, 6) is 0.353. The van der Waals surface area contributed by atoms with E-state index in [1.807, 2.05) is 26.0 Å². The Labute approximate surface area is 110 Å². The van der Waals surface area contributed by atoms with Crippen molar-refractivity contribution >= 4 is 11.6 Å². The fourth-order valence-corrected chi connectivity index (χ4v) is 2.13. The number of carbonyl (C=O) groups excluding carboxylic acids is 1. The first-order valence-corrected chi connectivity index (χ1v) is 6.64. The lowest BCUT2D eigenvalue weighted by Crippen LogP contribution is -2.22. The summed E-state index contributed by atoms with van der Waals surface area (Å²) >= 11 is 0. The fraction of sp³-hybridized carbons (Fsp3) is 0.533. The summed E-state index contributed by atoms with van der Waals surface area (Å²) in [6.45, 7) is 6.75. The van der Waals surface area contributed by atoms with E-state index in [-0.39, 0.29) is 5.91 Å². The van der Waals surface area contributed by atoms with Gasteiger partial charge in [-0.2, -0.15) is 0 Å². The number of anilines is 1. The Morgan fingerprint density at radius 2 is 2.11 bits per heavy atom. The van der Waals surface area contributed by atoms with Crippen LogP contribution in [0, 0.1) is 19.8 Å². The van der Waals surface area contributed by atoms with Gasteiger partial charge >= 0.3 is 0 Å². The second kappa shape index (κ2) is 7.17. The van der Waals surface area contributed by atoms with Gasteiger partial charge in [0.1, 0.15) is 0 Å². The quantitative estimate of drug-likeness (QED) is 0.813. The molecule has 0 saturated carbocycles. The highest BCUT2D eigenvalue weighted by atomic mass is 16.1. The molecule has 1 rings (SSSR count). The van der Waals surface area contributed by atoms with Gasteiger partial charge < -0.3 is 11.1 Å². The maximum Gasteiger partial charge on any atom is 0.224 e. The standard InChI is InChI=1S/C15H24N2O/c1-4-5-13(10-16)9-15(18)17-14-7-6-11(2)8-12(14)3/h6-8,13H,4-5,9-10,16H2,1-3H3,(H,17,18). The molecule has 18 heavy (non-hydrogen) atoms. The highest BCUT2D eigenvalue weighted by Gasteiger charge is 2.12. The Morgan fingerprint density at radius 3 is 2.67 bits per heavy atom. The van der Waals surface area contributed by atoms with Crippen LogP contribution in [0.2, 0.25) is 0 Å². The molecule has 100 valence electrons. The summed E-state index contributed by atoms with van der Waals surface area (Å²) < 4.78 is 0. The number of nitrogens with two attached hydrogens (primary N) is 1. The molecule has 0 bridgehead atoms. The molecule has 0 saturated heterocycles. The van der Waals surface area contributed by atoms with Crippen LogP contribution in [0.5, 0.6) is 0 Å². The summed E-state index contributed by atoms with van der Waals surface area (Å²) in [5, 5.41) is 2.97. The Morgan fingerprint density at radius 1 is 1.39 bits per heavy atom. The molecule has 1 aromatic carbocycles. The van der Waals surface area contributed by atoms with Gasteiger partial charge in [-0.15, -0.1) is 0 Å². The van der Waals surface area contributed by atoms with Crippen LogP contribution in [0.1, 0.15) is 37.3 Å². The summed E-state index contributed by atoms with van der Waals surface area (Å²) in [7, 11) is 0. The average Bonchev–Trinajstić information content (AvgIpc) is 2.32. The maximum atomic E-state index is 11.9. The molecule has 0 aliphatic carbocycles. The van der Waals surface area contributed by atoms with Crippen LogP contribution in [0.4, 0.5) is 5.69 Å². The molecular weight excluding hydrogens is 224 g/mol. The Bertz CT molecular complexity index is 401. The van der Waals surface area contributed by atoms with E-state index >= 15 is 0 Å². The Balaban J connectivity index is 2.58. The van der Waals surface area contributed by atoms with Crippen molar-refractivity contribution in [2.24, 2.45) is 11.7 Å². The van der Waals surface area contributed by atoms with Crippen LogP contribution < -0.4 is 11.1 Å². The first-order chi connectivity index (χ1) is 8.56. The SMILES string of the molecule is CCCC(CN)CC(=O)Nc1ccc(C)cc1C. The zero-order chi connectivity index (χ0) is 13.5. The van der Waals surface area contributed by atoms with Gasteiger partial charge in [-0.1, -0.05) is 31.0 Å². The Kier molecular flexibility index (Phi) is 5.86. The Hall–Kier alpha value is -1.35. The number of hydrogen-bond acceptors (Lipinski definition) is 2. The van der Waals surface area contributed by atoms with E-state index in [0.717, 1.165) is 24.1 Å². The van der Waals surface area contributed by atoms with Crippen LogP contribution in [0.15, 0.2) is 18.2 Å². The molecular formula is C15H24N2O. The molecule has 0 radical (unpaired) electrons. The van der Waals surface area contributed by atoms with Gasteiger partial charge in [-0.05, 0) is 44.4 Å². The lowest BCUT2D eigenvalue weighted by molar-refractivity contribution is -0.117. The number of hydrogen-bond donors (Lipinski definition) is 2. The number of amides is 1. The van der Waals surface area contributed by atoms with E-state index in [1.54, 1.807) is 0 Å². The topological polar surface area (TPSA) is 55.1 Å². The summed E-state index contributed by atoms with van der Waals surface area (Å²) in [6, 6.07) is 6.04. The summed E-state index contributed by atoms with van der Waals surface area (Å²) in [5.41, 5.74) is 8.88. The van der Waals surface area contributed by atoms with E-state index in [0.29, 0.717) is 18.9 Å². The molecule has 3 heteroatoms. The van der Waals surface area contributed by atoms with Gasteiger partial charge in [0.2, 0.25) is 5.91 Å². The minimum atomic E-state index is 0.0610. The molecule has 1 unspecified atom stereocenters. The van der Waals surface area contributed by atoms with Gasteiger partial charge in [0.05, 0.1) is 0 Å². The van der Waals surface area contributed by atoms with E-state index in [1.165, 1.54) is 5.56 Å². The van der Waals surface area contributed by atoms with Crippen molar-refractivity contribution in [2.75, 3.05) is 11.9 Å². The number of nitrogens with one attached hydrogen (secondary N) is 1. The van der Waals surface area contributed by atoms with Crippen molar-refractivity contribution in [3.05, 3.63) is 29.3 Å². The molecule has 0 aliphatic rings. The van der Waals surface area contributed by atoms with Gasteiger partial charge in [0.15, 0.2) is 0 Å².